The minimum atomic E-state index is -0.467. The normalized spacial score (nSPS) is 12.9. The summed E-state index contributed by atoms with van der Waals surface area (Å²) in [5.74, 6) is -0.882. The summed E-state index contributed by atoms with van der Waals surface area (Å²) >= 11 is 1.19. The number of rotatable bonds is 7. The van der Waals surface area contributed by atoms with E-state index >= 15 is 0 Å². The summed E-state index contributed by atoms with van der Waals surface area (Å²) < 4.78 is 18.3. The molecule has 0 saturated carbocycles. The highest BCUT2D eigenvalue weighted by atomic mass is 32.2. The molecule has 0 heterocycles. The number of anilines is 1. The van der Waals surface area contributed by atoms with E-state index in [-0.39, 0.29) is 29.6 Å². The number of benzene rings is 2. The summed E-state index contributed by atoms with van der Waals surface area (Å²) in [5.41, 5.74) is 1.43. The Bertz CT molecular complexity index is 706. The van der Waals surface area contributed by atoms with Crippen LogP contribution in [0.25, 0.3) is 0 Å². The third-order valence-corrected chi connectivity index (χ3v) is 4.61. The molecule has 2 aromatic rings. The van der Waals surface area contributed by atoms with Crippen LogP contribution in [0.4, 0.5) is 10.1 Å². The second kappa shape index (κ2) is 9.22. The van der Waals surface area contributed by atoms with E-state index < -0.39 is 5.25 Å². The molecule has 6 heteroatoms. The molecule has 0 saturated heterocycles. The molecule has 2 rings (SSSR count). The van der Waals surface area contributed by atoms with Gasteiger partial charge in [0, 0.05) is 5.69 Å². The molecule has 0 bridgehead atoms. The summed E-state index contributed by atoms with van der Waals surface area (Å²) in [6, 6.07) is 15.0. The number of ether oxygens (including phenoxy) is 1. The van der Waals surface area contributed by atoms with Crippen LogP contribution in [0.1, 0.15) is 25.5 Å². The number of thioether (sulfide) groups is 1. The quantitative estimate of drug-likeness (QED) is 0.751. The maximum Gasteiger partial charge on any atom is 0.319 e. The lowest BCUT2D eigenvalue weighted by Gasteiger charge is -2.17. The molecule has 1 amide bonds. The van der Waals surface area contributed by atoms with Crippen LogP contribution in [0.2, 0.25) is 0 Å². The molecule has 0 aliphatic heterocycles. The van der Waals surface area contributed by atoms with Gasteiger partial charge in [-0.05, 0) is 43.7 Å². The van der Waals surface area contributed by atoms with E-state index in [1.54, 1.807) is 6.92 Å². The standard InChI is InChI=1S/C19H20FNO3S/c1-13(15-6-4-3-5-7-15)24-19(23)14(2)25-12-18(22)21-17-10-8-16(20)9-11-17/h3-11,13-14H,12H2,1-2H3,(H,21,22). The van der Waals surface area contributed by atoms with Crippen LogP contribution in [-0.4, -0.2) is 22.9 Å². The van der Waals surface area contributed by atoms with Crippen molar-refractivity contribution < 1.29 is 18.7 Å². The van der Waals surface area contributed by atoms with Crippen molar-refractivity contribution in [2.45, 2.75) is 25.2 Å². The maximum atomic E-state index is 12.8. The van der Waals surface area contributed by atoms with Gasteiger partial charge in [-0.2, -0.15) is 0 Å². The number of carbonyl (C=O) groups excluding carboxylic acids is 2. The van der Waals surface area contributed by atoms with Crippen molar-refractivity contribution in [3.63, 3.8) is 0 Å². The molecule has 0 aliphatic carbocycles. The lowest BCUT2D eigenvalue weighted by Crippen LogP contribution is -2.22. The highest BCUT2D eigenvalue weighted by molar-refractivity contribution is 8.01. The largest absolute Gasteiger partial charge is 0.457 e. The van der Waals surface area contributed by atoms with Gasteiger partial charge >= 0.3 is 5.97 Å². The number of hydrogen-bond donors (Lipinski definition) is 1. The Morgan fingerprint density at radius 3 is 2.36 bits per heavy atom. The predicted molar refractivity (Wildman–Crippen MR) is 97.9 cm³/mol. The Kier molecular flexibility index (Phi) is 7.01. The van der Waals surface area contributed by atoms with Gasteiger partial charge in [0.25, 0.3) is 0 Å². The zero-order valence-electron chi connectivity index (χ0n) is 14.1. The van der Waals surface area contributed by atoms with Gasteiger partial charge in [-0.25, -0.2) is 4.39 Å². The molecule has 4 nitrogen and oxygen atoms in total. The molecular weight excluding hydrogens is 341 g/mol. The maximum absolute atomic E-state index is 12.8. The smallest absolute Gasteiger partial charge is 0.319 e. The Morgan fingerprint density at radius 1 is 1.08 bits per heavy atom. The first kappa shape index (κ1) is 19.0. The molecule has 132 valence electrons. The molecule has 0 radical (unpaired) electrons. The third kappa shape index (κ3) is 6.23. The summed E-state index contributed by atoms with van der Waals surface area (Å²) in [6.45, 7) is 3.52. The van der Waals surface area contributed by atoms with Gasteiger partial charge in [0.2, 0.25) is 5.91 Å². The number of carbonyl (C=O) groups is 2. The van der Waals surface area contributed by atoms with Crippen molar-refractivity contribution in [3.8, 4) is 0 Å². The van der Waals surface area contributed by atoms with Gasteiger partial charge in [-0.3, -0.25) is 9.59 Å². The van der Waals surface area contributed by atoms with Gasteiger partial charge in [0.05, 0.1) is 5.75 Å². The summed E-state index contributed by atoms with van der Waals surface area (Å²) in [7, 11) is 0. The topological polar surface area (TPSA) is 55.4 Å². The van der Waals surface area contributed by atoms with Gasteiger partial charge < -0.3 is 10.1 Å². The Labute approximate surface area is 150 Å². The number of esters is 1. The Hall–Kier alpha value is -2.34. The fourth-order valence-electron chi connectivity index (χ4n) is 2.06. The first-order chi connectivity index (χ1) is 12.0. The van der Waals surface area contributed by atoms with Crippen LogP contribution >= 0.6 is 11.8 Å². The highest BCUT2D eigenvalue weighted by Gasteiger charge is 2.20. The van der Waals surface area contributed by atoms with E-state index in [1.807, 2.05) is 37.3 Å². The van der Waals surface area contributed by atoms with E-state index in [2.05, 4.69) is 5.32 Å². The SMILES string of the molecule is CC(SCC(=O)Nc1ccc(F)cc1)C(=O)OC(C)c1ccccc1. The van der Waals surface area contributed by atoms with Crippen LogP contribution in [0.5, 0.6) is 0 Å². The number of halogens is 1. The second-order valence-corrected chi connectivity index (χ2v) is 6.83. The van der Waals surface area contributed by atoms with E-state index in [0.717, 1.165) is 5.56 Å². The molecule has 0 fully saturated rings. The Morgan fingerprint density at radius 2 is 1.72 bits per heavy atom. The summed E-state index contributed by atoms with van der Waals surface area (Å²) in [4.78, 5) is 24.0. The van der Waals surface area contributed by atoms with Crippen molar-refractivity contribution in [1.29, 1.82) is 0 Å². The van der Waals surface area contributed by atoms with Crippen molar-refractivity contribution in [1.82, 2.24) is 0 Å². The van der Waals surface area contributed by atoms with Gasteiger partial charge in [0.15, 0.2) is 0 Å². The minimum Gasteiger partial charge on any atom is -0.457 e. The van der Waals surface area contributed by atoms with Crippen molar-refractivity contribution in [2.75, 3.05) is 11.1 Å². The van der Waals surface area contributed by atoms with Crippen molar-refractivity contribution in [3.05, 3.63) is 66.0 Å². The number of nitrogens with one attached hydrogen (secondary N) is 1. The van der Waals surface area contributed by atoms with Gasteiger partial charge in [0.1, 0.15) is 17.2 Å². The molecule has 2 unspecified atom stereocenters. The number of amides is 1. The number of hydrogen-bond acceptors (Lipinski definition) is 4. The molecule has 0 spiro atoms. The zero-order chi connectivity index (χ0) is 18.2. The van der Waals surface area contributed by atoms with Crippen LogP contribution in [0, 0.1) is 5.82 Å². The summed E-state index contributed by atoms with van der Waals surface area (Å²) in [5, 5.41) is 2.18. The van der Waals surface area contributed by atoms with Gasteiger partial charge in [-0.15, -0.1) is 11.8 Å². The lowest BCUT2D eigenvalue weighted by molar-refractivity contribution is -0.147. The van der Waals surface area contributed by atoms with Crippen LogP contribution in [-0.2, 0) is 14.3 Å². The van der Waals surface area contributed by atoms with Gasteiger partial charge in [-0.1, -0.05) is 30.3 Å². The van der Waals surface area contributed by atoms with E-state index in [1.165, 1.54) is 36.0 Å². The van der Waals surface area contributed by atoms with E-state index in [0.29, 0.717) is 5.69 Å². The molecule has 1 N–H and O–H groups in total. The van der Waals surface area contributed by atoms with Crippen LogP contribution in [0.15, 0.2) is 54.6 Å². The molecule has 2 aromatic carbocycles. The second-order valence-electron chi connectivity index (χ2n) is 5.50. The van der Waals surface area contributed by atoms with E-state index in [9.17, 15) is 14.0 Å². The Balaban J connectivity index is 1.76. The van der Waals surface area contributed by atoms with E-state index in [4.69, 9.17) is 4.74 Å². The first-order valence-electron chi connectivity index (χ1n) is 7.88. The lowest BCUT2D eigenvalue weighted by atomic mass is 10.1. The third-order valence-electron chi connectivity index (χ3n) is 3.49. The molecule has 2 atom stereocenters. The average Bonchev–Trinajstić information content (AvgIpc) is 2.62. The predicted octanol–water partition coefficient (Wildman–Crippen LogP) is 4.19. The van der Waals surface area contributed by atoms with Crippen molar-refractivity contribution in [2.24, 2.45) is 0 Å². The molecule has 25 heavy (non-hydrogen) atoms. The minimum absolute atomic E-state index is 0.105. The van der Waals surface area contributed by atoms with Crippen LogP contribution in [0.3, 0.4) is 0 Å². The first-order valence-corrected chi connectivity index (χ1v) is 8.93. The average molecular weight is 361 g/mol. The molecule has 0 aliphatic rings. The van der Waals surface area contributed by atoms with Crippen LogP contribution < -0.4 is 5.32 Å². The zero-order valence-corrected chi connectivity index (χ0v) is 14.9. The molecular formula is C19H20FNO3S. The fraction of sp³-hybridized carbons (Fsp3) is 0.263. The van der Waals surface area contributed by atoms with Crippen molar-refractivity contribution >= 4 is 29.3 Å². The summed E-state index contributed by atoms with van der Waals surface area (Å²) in [6.07, 6.45) is -0.343. The highest BCUT2D eigenvalue weighted by Crippen LogP contribution is 2.20. The molecule has 0 aromatic heterocycles. The fourth-order valence-corrected chi connectivity index (χ4v) is 2.73. The monoisotopic (exact) mass is 361 g/mol.